The average molecular weight is 343 g/mol. The maximum atomic E-state index is 13.9. The SMILES string of the molecule is OCCNc1nc(Nc2cccc(F)c2F)cc(-c2ccccn2)n1. The Kier molecular flexibility index (Phi) is 5.10. The summed E-state index contributed by atoms with van der Waals surface area (Å²) in [4.78, 5) is 12.7. The molecule has 0 saturated heterocycles. The van der Waals surface area contributed by atoms with E-state index in [1.807, 2.05) is 6.07 Å². The van der Waals surface area contributed by atoms with Crippen LogP contribution in [0.3, 0.4) is 0 Å². The molecule has 0 aliphatic rings. The van der Waals surface area contributed by atoms with Gasteiger partial charge in [0.1, 0.15) is 5.82 Å². The summed E-state index contributed by atoms with van der Waals surface area (Å²) in [5.41, 5.74) is 1.05. The first-order valence-corrected chi connectivity index (χ1v) is 7.53. The second-order valence-corrected chi connectivity index (χ2v) is 5.05. The maximum absolute atomic E-state index is 13.9. The summed E-state index contributed by atoms with van der Waals surface area (Å²) in [6.07, 6.45) is 1.62. The zero-order valence-corrected chi connectivity index (χ0v) is 13.1. The highest BCUT2D eigenvalue weighted by molar-refractivity contribution is 5.65. The molecule has 2 aromatic heterocycles. The molecule has 3 aromatic rings. The van der Waals surface area contributed by atoms with Crippen LogP contribution in [0.5, 0.6) is 0 Å². The Bertz CT molecular complexity index is 861. The first-order valence-electron chi connectivity index (χ1n) is 7.53. The van der Waals surface area contributed by atoms with Gasteiger partial charge in [-0.2, -0.15) is 4.98 Å². The van der Waals surface area contributed by atoms with Gasteiger partial charge >= 0.3 is 0 Å². The average Bonchev–Trinajstić information content (AvgIpc) is 2.64. The zero-order valence-electron chi connectivity index (χ0n) is 13.1. The molecule has 0 amide bonds. The van der Waals surface area contributed by atoms with Crippen molar-refractivity contribution in [3.63, 3.8) is 0 Å². The molecule has 8 heteroatoms. The van der Waals surface area contributed by atoms with Crippen molar-refractivity contribution < 1.29 is 13.9 Å². The van der Waals surface area contributed by atoms with Crippen molar-refractivity contribution in [3.8, 4) is 11.4 Å². The van der Waals surface area contributed by atoms with E-state index in [0.717, 1.165) is 6.07 Å². The molecule has 25 heavy (non-hydrogen) atoms. The van der Waals surface area contributed by atoms with E-state index in [1.165, 1.54) is 12.1 Å². The molecule has 0 bridgehead atoms. The molecule has 0 saturated carbocycles. The van der Waals surface area contributed by atoms with E-state index >= 15 is 0 Å². The van der Waals surface area contributed by atoms with Crippen molar-refractivity contribution in [2.75, 3.05) is 23.8 Å². The fraction of sp³-hybridized carbons (Fsp3) is 0.118. The Morgan fingerprint density at radius 1 is 1.00 bits per heavy atom. The zero-order chi connectivity index (χ0) is 17.6. The van der Waals surface area contributed by atoms with Gasteiger partial charge in [0.2, 0.25) is 5.95 Å². The molecule has 2 heterocycles. The Balaban J connectivity index is 1.98. The van der Waals surface area contributed by atoms with Gasteiger partial charge in [0.05, 0.1) is 23.7 Å². The number of rotatable bonds is 6. The summed E-state index contributed by atoms with van der Waals surface area (Å²) < 4.78 is 27.2. The standard InChI is InChI=1S/C17H15F2N5O/c18-11-4-3-6-13(16(11)19)22-15-10-14(12-5-1-2-7-20-12)23-17(24-15)21-8-9-25/h1-7,10,25H,8-9H2,(H2,21,22,23,24). The number of halogens is 2. The van der Waals surface area contributed by atoms with Crippen molar-refractivity contribution in [1.29, 1.82) is 0 Å². The van der Waals surface area contributed by atoms with Crippen molar-refractivity contribution in [2.24, 2.45) is 0 Å². The molecule has 3 rings (SSSR count). The predicted molar refractivity (Wildman–Crippen MR) is 90.5 cm³/mol. The molecule has 0 spiro atoms. The molecule has 0 radical (unpaired) electrons. The Morgan fingerprint density at radius 2 is 1.88 bits per heavy atom. The lowest BCUT2D eigenvalue weighted by atomic mass is 10.2. The lowest BCUT2D eigenvalue weighted by Gasteiger charge is -2.11. The van der Waals surface area contributed by atoms with Crippen LogP contribution in [0.1, 0.15) is 0 Å². The third kappa shape index (κ3) is 4.04. The number of hydrogen-bond acceptors (Lipinski definition) is 6. The summed E-state index contributed by atoms with van der Waals surface area (Å²) in [5, 5.41) is 14.5. The first kappa shape index (κ1) is 16.7. The van der Waals surface area contributed by atoms with E-state index in [2.05, 4.69) is 25.6 Å². The van der Waals surface area contributed by atoms with E-state index in [9.17, 15) is 8.78 Å². The molecular weight excluding hydrogens is 328 g/mol. The highest BCUT2D eigenvalue weighted by Crippen LogP contribution is 2.24. The number of pyridine rings is 1. The minimum absolute atomic E-state index is 0.0428. The van der Waals surface area contributed by atoms with Crippen LogP contribution in [0, 0.1) is 11.6 Å². The van der Waals surface area contributed by atoms with Crippen LogP contribution >= 0.6 is 0 Å². The largest absolute Gasteiger partial charge is 0.395 e. The topological polar surface area (TPSA) is 83.0 Å². The Morgan fingerprint density at radius 3 is 2.64 bits per heavy atom. The second kappa shape index (κ2) is 7.63. The normalized spacial score (nSPS) is 10.5. The molecule has 0 fully saturated rings. The minimum atomic E-state index is -0.995. The van der Waals surface area contributed by atoms with E-state index < -0.39 is 11.6 Å². The van der Waals surface area contributed by atoms with Gasteiger partial charge in [-0.05, 0) is 24.3 Å². The van der Waals surface area contributed by atoms with Gasteiger partial charge in [-0.25, -0.2) is 13.8 Å². The van der Waals surface area contributed by atoms with Gasteiger partial charge in [-0.3, -0.25) is 4.98 Å². The number of anilines is 3. The van der Waals surface area contributed by atoms with Crippen LogP contribution in [-0.4, -0.2) is 33.2 Å². The van der Waals surface area contributed by atoms with Crippen molar-refractivity contribution >= 4 is 17.5 Å². The molecule has 6 nitrogen and oxygen atoms in total. The molecule has 3 N–H and O–H groups in total. The van der Waals surface area contributed by atoms with E-state index in [-0.39, 0.29) is 30.6 Å². The van der Waals surface area contributed by atoms with Crippen LogP contribution in [0.15, 0.2) is 48.7 Å². The first-order chi connectivity index (χ1) is 12.2. The van der Waals surface area contributed by atoms with E-state index in [4.69, 9.17) is 5.11 Å². The number of nitrogens with zero attached hydrogens (tertiary/aromatic N) is 3. The number of nitrogens with one attached hydrogen (secondary N) is 2. The molecule has 1 aromatic carbocycles. The van der Waals surface area contributed by atoms with E-state index in [1.54, 1.807) is 24.4 Å². The van der Waals surface area contributed by atoms with Crippen LogP contribution < -0.4 is 10.6 Å². The van der Waals surface area contributed by atoms with Crippen LogP contribution in [0.25, 0.3) is 11.4 Å². The van der Waals surface area contributed by atoms with Gasteiger partial charge in [-0.1, -0.05) is 12.1 Å². The van der Waals surface area contributed by atoms with Gasteiger partial charge in [0.15, 0.2) is 11.6 Å². The fourth-order valence-corrected chi connectivity index (χ4v) is 2.14. The Hall–Kier alpha value is -3.13. The summed E-state index contributed by atoms with van der Waals surface area (Å²) >= 11 is 0. The third-order valence-electron chi connectivity index (χ3n) is 3.26. The van der Waals surface area contributed by atoms with Gasteiger partial charge in [-0.15, -0.1) is 0 Å². The number of aromatic nitrogens is 3. The number of hydrogen-bond donors (Lipinski definition) is 3. The molecular formula is C17H15F2N5O. The minimum Gasteiger partial charge on any atom is -0.395 e. The quantitative estimate of drug-likeness (QED) is 0.638. The summed E-state index contributed by atoms with van der Waals surface area (Å²) in [5.74, 6) is -1.45. The highest BCUT2D eigenvalue weighted by atomic mass is 19.2. The van der Waals surface area contributed by atoms with Crippen LogP contribution in [-0.2, 0) is 0 Å². The van der Waals surface area contributed by atoms with Crippen molar-refractivity contribution in [1.82, 2.24) is 15.0 Å². The maximum Gasteiger partial charge on any atom is 0.225 e. The van der Waals surface area contributed by atoms with Crippen LogP contribution in [0.4, 0.5) is 26.2 Å². The van der Waals surface area contributed by atoms with E-state index in [0.29, 0.717) is 11.4 Å². The van der Waals surface area contributed by atoms with Crippen molar-refractivity contribution in [2.45, 2.75) is 0 Å². The molecule has 0 aliphatic heterocycles. The Labute approximate surface area is 142 Å². The smallest absolute Gasteiger partial charge is 0.225 e. The number of aliphatic hydroxyl groups is 1. The van der Waals surface area contributed by atoms with Gasteiger partial charge < -0.3 is 15.7 Å². The lowest BCUT2D eigenvalue weighted by molar-refractivity contribution is 0.311. The summed E-state index contributed by atoms with van der Waals surface area (Å²) in [6, 6.07) is 10.8. The summed E-state index contributed by atoms with van der Waals surface area (Å²) in [6.45, 7) is 0.151. The molecule has 128 valence electrons. The van der Waals surface area contributed by atoms with Crippen LogP contribution in [0.2, 0.25) is 0 Å². The van der Waals surface area contributed by atoms with Gasteiger partial charge in [0.25, 0.3) is 0 Å². The fourth-order valence-electron chi connectivity index (χ4n) is 2.14. The summed E-state index contributed by atoms with van der Waals surface area (Å²) in [7, 11) is 0. The third-order valence-corrected chi connectivity index (χ3v) is 3.26. The predicted octanol–water partition coefficient (Wildman–Crippen LogP) is 2.96. The molecule has 0 aliphatic carbocycles. The monoisotopic (exact) mass is 343 g/mol. The highest BCUT2D eigenvalue weighted by Gasteiger charge is 2.11. The molecule has 0 atom stereocenters. The second-order valence-electron chi connectivity index (χ2n) is 5.05. The van der Waals surface area contributed by atoms with Crippen molar-refractivity contribution in [3.05, 3.63) is 60.3 Å². The number of benzene rings is 1. The number of aliphatic hydroxyl groups excluding tert-OH is 1. The van der Waals surface area contributed by atoms with Gasteiger partial charge in [0, 0.05) is 18.8 Å². The molecule has 0 unspecified atom stereocenters. The lowest BCUT2D eigenvalue weighted by Crippen LogP contribution is -2.10.